The number of nitrogens with one attached hydrogen (secondary N) is 1. The van der Waals surface area contributed by atoms with Gasteiger partial charge in [-0.2, -0.15) is 13.2 Å². The lowest BCUT2D eigenvalue weighted by atomic mass is 9.98. The summed E-state index contributed by atoms with van der Waals surface area (Å²) >= 11 is 0. The maximum Gasteiger partial charge on any atom is 0.416 e. The van der Waals surface area contributed by atoms with Crippen molar-refractivity contribution in [1.29, 1.82) is 0 Å². The van der Waals surface area contributed by atoms with Crippen molar-refractivity contribution in [2.24, 2.45) is 0 Å². The quantitative estimate of drug-likeness (QED) is 0.511. The van der Waals surface area contributed by atoms with E-state index in [9.17, 15) is 18.0 Å². The zero-order valence-electron chi connectivity index (χ0n) is 18.0. The van der Waals surface area contributed by atoms with Crippen LogP contribution < -0.4 is 5.32 Å². The largest absolute Gasteiger partial charge is 0.420 e. The molecular formula is C24H25F3N4O2. The van der Waals surface area contributed by atoms with Crippen molar-refractivity contribution in [1.82, 2.24) is 20.4 Å². The second-order valence-electron chi connectivity index (χ2n) is 8.13. The van der Waals surface area contributed by atoms with Gasteiger partial charge in [-0.05, 0) is 55.5 Å². The number of urea groups is 1. The number of piperidine rings is 1. The number of hydrogen-bond acceptors (Lipinski definition) is 4. The van der Waals surface area contributed by atoms with E-state index in [0.29, 0.717) is 31.1 Å². The molecule has 0 aliphatic carbocycles. The molecule has 0 saturated carbocycles. The highest BCUT2D eigenvalue weighted by molar-refractivity contribution is 5.74. The van der Waals surface area contributed by atoms with Crippen molar-refractivity contribution >= 4 is 6.03 Å². The SMILES string of the molecule is O=C(NCCCc1ccccc1)N1CCCC(c2nnc(-c3ccc(C(F)(F)F)cc3)o2)C1. The summed E-state index contributed by atoms with van der Waals surface area (Å²) < 4.78 is 44.0. The Hall–Kier alpha value is -3.36. The third kappa shape index (κ3) is 5.91. The molecule has 1 aromatic heterocycles. The van der Waals surface area contributed by atoms with Gasteiger partial charge < -0.3 is 14.6 Å². The molecule has 2 heterocycles. The van der Waals surface area contributed by atoms with E-state index in [1.165, 1.54) is 17.7 Å². The monoisotopic (exact) mass is 458 g/mol. The fraction of sp³-hybridized carbons (Fsp3) is 0.375. The molecule has 2 amide bonds. The van der Waals surface area contributed by atoms with Crippen LogP contribution in [-0.2, 0) is 12.6 Å². The first-order valence-electron chi connectivity index (χ1n) is 11.0. The third-order valence-corrected chi connectivity index (χ3v) is 5.72. The number of aromatic nitrogens is 2. The van der Waals surface area contributed by atoms with Gasteiger partial charge in [0.1, 0.15) is 0 Å². The van der Waals surface area contributed by atoms with Crippen LogP contribution in [0.2, 0.25) is 0 Å². The molecule has 1 saturated heterocycles. The number of alkyl halides is 3. The van der Waals surface area contributed by atoms with Gasteiger partial charge in [0.2, 0.25) is 11.8 Å². The lowest BCUT2D eigenvalue weighted by molar-refractivity contribution is -0.137. The van der Waals surface area contributed by atoms with E-state index in [2.05, 4.69) is 27.6 Å². The van der Waals surface area contributed by atoms with Gasteiger partial charge >= 0.3 is 12.2 Å². The smallest absolute Gasteiger partial charge is 0.416 e. The van der Waals surface area contributed by atoms with E-state index in [-0.39, 0.29) is 17.8 Å². The Kier molecular flexibility index (Phi) is 6.96. The van der Waals surface area contributed by atoms with Crippen LogP contribution in [0.25, 0.3) is 11.5 Å². The molecule has 2 aromatic carbocycles. The number of rotatable bonds is 6. The lowest BCUT2D eigenvalue weighted by Crippen LogP contribution is -2.45. The first kappa shape index (κ1) is 22.8. The van der Waals surface area contributed by atoms with Gasteiger partial charge in [0.15, 0.2) is 0 Å². The lowest BCUT2D eigenvalue weighted by Gasteiger charge is -2.31. The molecule has 1 aliphatic heterocycles. The molecule has 1 aliphatic rings. The van der Waals surface area contributed by atoms with E-state index in [1.54, 1.807) is 4.90 Å². The number of likely N-dealkylation sites (tertiary alicyclic amines) is 1. The zero-order valence-corrected chi connectivity index (χ0v) is 18.0. The third-order valence-electron chi connectivity index (χ3n) is 5.72. The van der Waals surface area contributed by atoms with Crippen LogP contribution in [0.5, 0.6) is 0 Å². The standard InChI is InChI=1S/C24H25F3N4O2/c25-24(26,27)20-12-10-18(11-13-20)21-29-30-22(33-21)19-9-5-15-31(16-19)23(32)28-14-4-8-17-6-2-1-3-7-17/h1-3,6-7,10-13,19H,4-5,8-9,14-16H2,(H,28,32). The zero-order chi connectivity index (χ0) is 23.3. The second-order valence-corrected chi connectivity index (χ2v) is 8.13. The van der Waals surface area contributed by atoms with Crippen LogP contribution in [0, 0.1) is 0 Å². The van der Waals surface area contributed by atoms with Crippen molar-refractivity contribution in [2.75, 3.05) is 19.6 Å². The minimum Gasteiger partial charge on any atom is -0.420 e. The highest BCUT2D eigenvalue weighted by Crippen LogP contribution is 2.32. The summed E-state index contributed by atoms with van der Waals surface area (Å²) in [4.78, 5) is 14.3. The van der Waals surface area contributed by atoms with Crippen LogP contribution in [0.3, 0.4) is 0 Å². The number of nitrogens with zero attached hydrogens (tertiary/aromatic N) is 3. The first-order valence-corrected chi connectivity index (χ1v) is 11.0. The molecule has 174 valence electrons. The molecular weight excluding hydrogens is 433 g/mol. The summed E-state index contributed by atoms with van der Waals surface area (Å²) in [6, 6.07) is 14.6. The molecule has 33 heavy (non-hydrogen) atoms. The summed E-state index contributed by atoms with van der Waals surface area (Å²) in [6.07, 6.45) is -1.04. The second kappa shape index (κ2) is 10.1. The van der Waals surface area contributed by atoms with Gasteiger partial charge in [-0.1, -0.05) is 30.3 Å². The predicted molar refractivity (Wildman–Crippen MR) is 116 cm³/mol. The Labute approximate surface area is 189 Å². The van der Waals surface area contributed by atoms with Gasteiger partial charge in [-0.25, -0.2) is 4.79 Å². The van der Waals surface area contributed by atoms with Gasteiger partial charge in [0, 0.05) is 25.2 Å². The van der Waals surface area contributed by atoms with E-state index < -0.39 is 11.7 Å². The molecule has 0 radical (unpaired) electrons. The van der Waals surface area contributed by atoms with Gasteiger partial charge in [0.05, 0.1) is 11.5 Å². The number of carbonyl (C=O) groups is 1. The van der Waals surface area contributed by atoms with Crippen molar-refractivity contribution in [3.8, 4) is 11.5 Å². The van der Waals surface area contributed by atoms with Gasteiger partial charge in [-0.15, -0.1) is 10.2 Å². The normalized spacial score (nSPS) is 16.6. The van der Waals surface area contributed by atoms with E-state index in [4.69, 9.17) is 4.42 Å². The van der Waals surface area contributed by atoms with Crippen molar-refractivity contribution in [3.05, 3.63) is 71.6 Å². The Morgan fingerprint density at radius 3 is 2.58 bits per heavy atom. The molecule has 1 unspecified atom stereocenters. The number of benzene rings is 2. The van der Waals surface area contributed by atoms with Crippen molar-refractivity contribution < 1.29 is 22.4 Å². The van der Waals surface area contributed by atoms with E-state index >= 15 is 0 Å². The minimum atomic E-state index is -4.40. The maximum absolute atomic E-state index is 12.8. The number of hydrogen-bond donors (Lipinski definition) is 1. The number of amides is 2. The minimum absolute atomic E-state index is 0.107. The fourth-order valence-corrected chi connectivity index (χ4v) is 3.93. The average Bonchev–Trinajstić information content (AvgIpc) is 3.32. The molecule has 3 aromatic rings. The summed E-state index contributed by atoms with van der Waals surface area (Å²) in [7, 11) is 0. The fourth-order valence-electron chi connectivity index (χ4n) is 3.93. The molecule has 0 bridgehead atoms. The van der Waals surface area contributed by atoms with Crippen LogP contribution in [0.1, 0.15) is 42.2 Å². The highest BCUT2D eigenvalue weighted by Gasteiger charge is 2.31. The molecule has 1 N–H and O–H groups in total. The average molecular weight is 458 g/mol. The topological polar surface area (TPSA) is 71.3 Å². The summed E-state index contributed by atoms with van der Waals surface area (Å²) in [5.41, 5.74) is 0.930. The van der Waals surface area contributed by atoms with Crippen molar-refractivity contribution in [3.63, 3.8) is 0 Å². The summed E-state index contributed by atoms with van der Waals surface area (Å²) in [5, 5.41) is 11.1. The highest BCUT2D eigenvalue weighted by atomic mass is 19.4. The first-order chi connectivity index (χ1) is 15.9. The Bertz CT molecular complexity index is 1050. The van der Waals surface area contributed by atoms with Crippen molar-refractivity contribution in [2.45, 2.75) is 37.8 Å². The molecule has 0 spiro atoms. The van der Waals surface area contributed by atoms with Crippen LogP contribution >= 0.6 is 0 Å². The number of halogens is 3. The Morgan fingerprint density at radius 2 is 1.85 bits per heavy atom. The van der Waals surface area contributed by atoms with Gasteiger partial charge in [-0.3, -0.25) is 0 Å². The summed E-state index contributed by atoms with van der Waals surface area (Å²) in [5.74, 6) is 0.456. The molecule has 4 rings (SSSR count). The van der Waals surface area contributed by atoms with Gasteiger partial charge in [0.25, 0.3) is 0 Å². The Balaban J connectivity index is 1.30. The van der Waals surface area contributed by atoms with Crippen LogP contribution in [0.15, 0.2) is 59.0 Å². The van der Waals surface area contributed by atoms with E-state index in [0.717, 1.165) is 37.8 Å². The van der Waals surface area contributed by atoms with E-state index in [1.807, 2.05) is 18.2 Å². The summed E-state index contributed by atoms with van der Waals surface area (Å²) in [6.45, 7) is 1.70. The molecule has 6 nitrogen and oxygen atoms in total. The molecule has 1 fully saturated rings. The van der Waals surface area contributed by atoms with Crippen LogP contribution in [0.4, 0.5) is 18.0 Å². The number of aryl methyl sites for hydroxylation is 1. The molecule has 1 atom stereocenters. The predicted octanol–water partition coefficient (Wildman–Crippen LogP) is 5.28. The maximum atomic E-state index is 12.8. The molecule has 9 heteroatoms. The number of carbonyl (C=O) groups excluding carboxylic acids is 1. The van der Waals surface area contributed by atoms with Crippen LogP contribution in [-0.4, -0.2) is 40.8 Å². The Morgan fingerprint density at radius 1 is 1.09 bits per heavy atom.